The summed E-state index contributed by atoms with van der Waals surface area (Å²) in [6.45, 7) is 1.91. The van der Waals surface area contributed by atoms with Crippen molar-refractivity contribution in [3.05, 3.63) is 58.6 Å². The van der Waals surface area contributed by atoms with E-state index in [-0.39, 0.29) is 17.9 Å². The van der Waals surface area contributed by atoms with E-state index < -0.39 is 0 Å². The molecule has 1 aliphatic heterocycles. The van der Waals surface area contributed by atoms with E-state index in [4.69, 9.17) is 11.6 Å². The number of rotatable bonds is 5. The van der Waals surface area contributed by atoms with Crippen molar-refractivity contribution in [1.82, 2.24) is 5.32 Å². The number of amides is 2. The summed E-state index contributed by atoms with van der Waals surface area (Å²) in [7, 11) is 0. The fraction of sp³-hybridized carbons (Fsp3) is 0.417. The summed E-state index contributed by atoms with van der Waals surface area (Å²) >= 11 is 6.01. The first-order valence-corrected chi connectivity index (χ1v) is 11.2. The third-order valence-electron chi connectivity index (χ3n) is 5.97. The number of benzene rings is 2. The fourth-order valence-electron chi connectivity index (χ4n) is 4.37. The van der Waals surface area contributed by atoms with Gasteiger partial charge in [-0.15, -0.1) is 0 Å². The summed E-state index contributed by atoms with van der Waals surface area (Å²) in [6.07, 6.45) is 7.93. The Balaban J connectivity index is 1.56. The van der Waals surface area contributed by atoms with Crippen LogP contribution in [-0.2, 0) is 0 Å². The summed E-state index contributed by atoms with van der Waals surface area (Å²) in [5.41, 5.74) is 2.67. The second kappa shape index (κ2) is 9.52. The molecule has 6 heteroatoms. The van der Waals surface area contributed by atoms with Gasteiger partial charge in [0, 0.05) is 41.1 Å². The Bertz CT molecular complexity index is 918. The molecule has 2 aliphatic rings. The van der Waals surface area contributed by atoms with Gasteiger partial charge in [0.05, 0.1) is 5.56 Å². The maximum absolute atomic E-state index is 13.2. The van der Waals surface area contributed by atoms with Crippen LogP contribution in [0.4, 0.5) is 11.4 Å². The van der Waals surface area contributed by atoms with Crippen LogP contribution < -0.4 is 15.5 Å². The Hall–Kier alpha value is -2.53. The molecule has 0 spiro atoms. The number of carbonyl (C=O) groups excluding carboxylic acids is 2. The number of hydrogen-bond acceptors (Lipinski definition) is 3. The molecule has 2 aromatic rings. The third-order valence-corrected chi connectivity index (χ3v) is 6.21. The van der Waals surface area contributed by atoms with Crippen molar-refractivity contribution in [3.8, 4) is 0 Å². The molecular weight excluding hydrogens is 398 g/mol. The lowest BCUT2D eigenvalue weighted by Gasteiger charge is -2.25. The van der Waals surface area contributed by atoms with Crippen LogP contribution in [-0.4, -0.2) is 30.9 Å². The van der Waals surface area contributed by atoms with Crippen LogP contribution in [0.2, 0.25) is 5.02 Å². The average molecular weight is 426 g/mol. The van der Waals surface area contributed by atoms with Gasteiger partial charge < -0.3 is 15.5 Å². The first kappa shape index (κ1) is 20.7. The average Bonchev–Trinajstić information content (AvgIpc) is 3.29. The standard InChI is InChI=1S/C24H28ClN3O2/c25-18-8-6-7-17(15-18)23(29)27-20-11-12-22(28-13-4-5-14-28)21(16-20)24(30)26-19-9-2-1-3-10-19/h6-8,11-12,15-16,19H,1-5,9-10,13-14H2,(H,26,30)(H,27,29). The van der Waals surface area contributed by atoms with Gasteiger partial charge in [0.1, 0.15) is 0 Å². The molecular formula is C24H28ClN3O2. The molecule has 1 aliphatic carbocycles. The number of hydrogen-bond donors (Lipinski definition) is 2. The zero-order valence-corrected chi connectivity index (χ0v) is 17.9. The quantitative estimate of drug-likeness (QED) is 0.687. The van der Waals surface area contributed by atoms with Gasteiger partial charge in [-0.2, -0.15) is 0 Å². The van der Waals surface area contributed by atoms with Crippen molar-refractivity contribution in [2.45, 2.75) is 51.0 Å². The second-order valence-electron chi connectivity index (χ2n) is 8.20. The molecule has 0 unspecified atom stereocenters. The largest absolute Gasteiger partial charge is 0.371 e. The van der Waals surface area contributed by atoms with Gasteiger partial charge in [0.2, 0.25) is 0 Å². The molecule has 4 rings (SSSR count). The lowest BCUT2D eigenvalue weighted by Crippen LogP contribution is -2.37. The molecule has 5 nitrogen and oxygen atoms in total. The molecule has 30 heavy (non-hydrogen) atoms. The van der Waals surface area contributed by atoms with Crippen molar-refractivity contribution in [2.75, 3.05) is 23.3 Å². The van der Waals surface area contributed by atoms with Crippen LogP contribution in [0.5, 0.6) is 0 Å². The summed E-state index contributed by atoms with van der Waals surface area (Å²) in [5, 5.41) is 6.64. The first-order valence-electron chi connectivity index (χ1n) is 10.9. The Morgan fingerprint density at radius 3 is 2.40 bits per heavy atom. The maximum atomic E-state index is 13.2. The van der Waals surface area contributed by atoms with E-state index in [0.29, 0.717) is 21.8 Å². The summed E-state index contributed by atoms with van der Waals surface area (Å²) in [5.74, 6) is -0.298. The van der Waals surface area contributed by atoms with Gasteiger partial charge >= 0.3 is 0 Å². The van der Waals surface area contributed by atoms with E-state index in [0.717, 1.165) is 44.5 Å². The molecule has 0 atom stereocenters. The van der Waals surface area contributed by atoms with Crippen LogP contribution in [0.1, 0.15) is 65.7 Å². The predicted octanol–water partition coefficient (Wildman–Crippen LogP) is 5.26. The molecule has 1 saturated carbocycles. The number of nitrogens with one attached hydrogen (secondary N) is 2. The van der Waals surface area contributed by atoms with Crippen molar-refractivity contribution in [3.63, 3.8) is 0 Å². The molecule has 0 bridgehead atoms. The fourth-order valence-corrected chi connectivity index (χ4v) is 4.56. The zero-order chi connectivity index (χ0) is 20.9. The minimum absolute atomic E-state index is 0.0531. The van der Waals surface area contributed by atoms with Crippen LogP contribution in [0, 0.1) is 0 Å². The van der Waals surface area contributed by atoms with E-state index in [1.165, 1.54) is 19.3 Å². The normalized spacial score (nSPS) is 17.0. The van der Waals surface area contributed by atoms with Crippen LogP contribution in [0.15, 0.2) is 42.5 Å². The number of anilines is 2. The van der Waals surface area contributed by atoms with Crippen molar-refractivity contribution < 1.29 is 9.59 Å². The lowest BCUT2D eigenvalue weighted by atomic mass is 9.95. The van der Waals surface area contributed by atoms with Crippen LogP contribution in [0.3, 0.4) is 0 Å². The highest BCUT2D eigenvalue weighted by molar-refractivity contribution is 6.31. The minimum atomic E-state index is -0.245. The number of halogens is 1. The van der Waals surface area contributed by atoms with Gasteiger partial charge in [-0.25, -0.2) is 0 Å². The Kier molecular flexibility index (Phi) is 6.58. The predicted molar refractivity (Wildman–Crippen MR) is 122 cm³/mol. The van der Waals surface area contributed by atoms with E-state index >= 15 is 0 Å². The molecule has 2 aromatic carbocycles. The molecule has 158 valence electrons. The molecule has 2 amide bonds. The summed E-state index contributed by atoms with van der Waals surface area (Å²) in [6, 6.07) is 12.7. The van der Waals surface area contributed by atoms with Crippen LogP contribution >= 0.6 is 11.6 Å². The van der Waals surface area contributed by atoms with Crippen molar-refractivity contribution in [1.29, 1.82) is 0 Å². The van der Waals surface area contributed by atoms with Gasteiger partial charge in [-0.1, -0.05) is 36.9 Å². The van der Waals surface area contributed by atoms with Gasteiger partial charge in [0.15, 0.2) is 0 Å². The van der Waals surface area contributed by atoms with E-state index in [2.05, 4.69) is 15.5 Å². The number of carbonyl (C=O) groups is 2. The molecule has 0 aromatic heterocycles. The van der Waals surface area contributed by atoms with Crippen LogP contribution in [0.25, 0.3) is 0 Å². The molecule has 2 N–H and O–H groups in total. The molecule has 2 fully saturated rings. The highest BCUT2D eigenvalue weighted by atomic mass is 35.5. The molecule has 0 radical (unpaired) electrons. The molecule has 1 saturated heterocycles. The van der Waals surface area contributed by atoms with E-state index in [9.17, 15) is 9.59 Å². The topological polar surface area (TPSA) is 61.4 Å². The monoisotopic (exact) mass is 425 g/mol. The SMILES string of the molecule is O=C(Nc1ccc(N2CCCC2)c(C(=O)NC2CCCCC2)c1)c1cccc(Cl)c1. The van der Waals surface area contributed by atoms with Gasteiger partial charge in [0.25, 0.3) is 11.8 Å². The summed E-state index contributed by atoms with van der Waals surface area (Å²) < 4.78 is 0. The van der Waals surface area contributed by atoms with Crippen molar-refractivity contribution >= 4 is 34.8 Å². The van der Waals surface area contributed by atoms with Gasteiger partial charge in [-0.05, 0) is 62.1 Å². The highest BCUT2D eigenvalue weighted by Gasteiger charge is 2.23. The second-order valence-corrected chi connectivity index (χ2v) is 8.64. The maximum Gasteiger partial charge on any atom is 0.255 e. The van der Waals surface area contributed by atoms with E-state index in [1.807, 2.05) is 12.1 Å². The summed E-state index contributed by atoms with van der Waals surface area (Å²) in [4.78, 5) is 28.1. The Morgan fingerprint density at radius 2 is 1.67 bits per heavy atom. The highest BCUT2D eigenvalue weighted by Crippen LogP contribution is 2.29. The first-order chi connectivity index (χ1) is 14.6. The third kappa shape index (κ3) is 4.96. The minimum Gasteiger partial charge on any atom is -0.371 e. The van der Waals surface area contributed by atoms with Crippen molar-refractivity contribution in [2.24, 2.45) is 0 Å². The van der Waals surface area contributed by atoms with E-state index in [1.54, 1.807) is 30.3 Å². The van der Waals surface area contributed by atoms with Gasteiger partial charge in [-0.3, -0.25) is 9.59 Å². The lowest BCUT2D eigenvalue weighted by molar-refractivity contribution is 0.0927. The Morgan fingerprint density at radius 1 is 0.900 bits per heavy atom. The molecule has 1 heterocycles. The number of nitrogens with zero attached hydrogens (tertiary/aromatic N) is 1. The Labute approximate surface area is 182 Å². The smallest absolute Gasteiger partial charge is 0.255 e. The zero-order valence-electron chi connectivity index (χ0n) is 17.1.